The zero-order chi connectivity index (χ0) is 15.0. The number of nitrogens with zero attached hydrogens (tertiary/aromatic N) is 2. The second kappa shape index (κ2) is 5.45. The first-order chi connectivity index (χ1) is 9.99. The lowest BCUT2D eigenvalue weighted by atomic mass is 10.4. The normalized spacial score (nSPS) is 12.1. The van der Waals surface area contributed by atoms with Crippen molar-refractivity contribution < 1.29 is 13.5 Å². The molecule has 110 valence electrons. The van der Waals surface area contributed by atoms with E-state index in [1.165, 1.54) is 29.4 Å². The number of hydrogen-bond acceptors (Lipinski definition) is 6. The van der Waals surface area contributed by atoms with Crippen LogP contribution in [0.25, 0.3) is 4.96 Å². The van der Waals surface area contributed by atoms with Gasteiger partial charge < -0.3 is 5.11 Å². The molecule has 0 unspecified atom stereocenters. The summed E-state index contributed by atoms with van der Waals surface area (Å²) < 4.78 is 24.7. The molecule has 0 radical (unpaired) electrons. The van der Waals surface area contributed by atoms with Crippen LogP contribution in [0.4, 0.5) is 0 Å². The Hall–Kier alpha value is -1.35. The topological polar surface area (TPSA) is 71.7 Å². The summed E-state index contributed by atoms with van der Waals surface area (Å²) in [5.74, 6) is 0. The smallest absolute Gasteiger partial charge is 0.195 e. The maximum atomic E-state index is 11.4. The molecule has 0 amide bonds. The number of rotatable bonds is 4. The van der Waals surface area contributed by atoms with E-state index in [9.17, 15) is 13.5 Å². The van der Waals surface area contributed by atoms with Gasteiger partial charge in [0, 0.05) is 22.7 Å². The predicted octanol–water partition coefficient (Wildman–Crippen LogP) is 2.44. The van der Waals surface area contributed by atoms with Crippen LogP contribution in [0.15, 0.2) is 50.7 Å². The van der Waals surface area contributed by atoms with Gasteiger partial charge in [-0.15, -0.1) is 11.3 Å². The molecule has 1 N–H and O–H groups in total. The molecule has 0 aliphatic carbocycles. The zero-order valence-corrected chi connectivity index (χ0v) is 13.5. The lowest BCUT2D eigenvalue weighted by Crippen LogP contribution is -1.96. The van der Waals surface area contributed by atoms with Crippen molar-refractivity contribution in [2.24, 2.45) is 0 Å². The summed E-state index contributed by atoms with van der Waals surface area (Å²) in [5, 5.41) is 12.2. The molecule has 0 aliphatic heterocycles. The first-order valence-corrected chi connectivity index (χ1v) is 9.61. The SMILES string of the molecule is CS(=O)(=O)c1ccc(Sc2nc3sccn3c2CO)cc1. The minimum absolute atomic E-state index is 0.0956. The Morgan fingerprint density at radius 1 is 1.33 bits per heavy atom. The molecule has 2 aromatic heterocycles. The van der Waals surface area contributed by atoms with E-state index in [0.29, 0.717) is 4.90 Å². The van der Waals surface area contributed by atoms with Crippen molar-refractivity contribution in [3.8, 4) is 0 Å². The fraction of sp³-hybridized carbons (Fsp3) is 0.154. The van der Waals surface area contributed by atoms with Gasteiger partial charge in [-0.25, -0.2) is 13.4 Å². The first kappa shape index (κ1) is 14.6. The minimum Gasteiger partial charge on any atom is -0.390 e. The molecule has 0 atom stereocenters. The average Bonchev–Trinajstić information content (AvgIpc) is 2.98. The van der Waals surface area contributed by atoms with Crippen molar-refractivity contribution in [3.63, 3.8) is 0 Å². The Kier molecular flexibility index (Phi) is 3.78. The van der Waals surface area contributed by atoms with E-state index in [1.54, 1.807) is 24.3 Å². The van der Waals surface area contributed by atoms with Gasteiger partial charge in [0.1, 0.15) is 5.03 Å². The third-order valence-corrected chi connectivity index (χ3v) is 5.85. The molecule has 21 heavy (non-hydrogen) atoms. The molecule has 5 nitrogen and oxygen atoms in total. The number of fused-ring (bicyclic) bond motifs is 1. The quantitative estimate of drug-likeness (QED) is 0.790. The van der Waals surface area contributed by atoms with Gasteiger partial charge in [-0.2, -0.15) is 0 Å². The lowest BCUT2D eigenvalue weighted by Gasteiger charge is -2.03. The second-order valence-corrected chi connectivity index (χ2v) is 8.37. The van der Waals surface area contributed by atoms with Gasteiger partial charge in [0.2, 0.25) is 0 Å². The van der Waals surface area contributed by atoms with E-state index in [1.807, 2.05) is 16.0 Å². The Labute approximate surface area is 130 Å². The van der Waals surface area contributed by atoms with Crippen LogP contribution in [-0.4, -0.2) is 29.2 Å². The van der Waals surface area contributed by atoms with E-state index in [-0.39, 0.29) is 6.61 Å². The van der Waals surface area contributed by atoms with Gasteiger partial charge in [0.05, 0.1) is 17.2 Å². The van der Waals surface area contributed by atoms with Gasteiger partial charge in [-0.1, -0.05) is 11.8 Å². The van der Waals surface area contributed by atoms with E-state index >= 15 is 0 Å². The molecule has 0 fully saturated rings. The largest absolute Gasteiger partial charge is 0.390 e. The maximum absolute atomic E-state index is 11.4. The minimum atomic E-state index is -3.18. The Balaban J connectivity index is 1.93. The average molecular weight is 340 g/mol. The van der Waals surface area contributed by atoms with Crippen LogP contribution in [0, 0.1) is 0 Å². The highest BCUT2D eigenvalue weighted by molar-refractivity contribution is 7.99. The third-order valence-electron chi connectivity index (χ3n) is 2.94. The fourth-order valence-corrected chi connectivity index (χ4v) is 4.23. The van der Waals surface area contributed by atoms with Crippen molar-refractivity contribution in [1.29, 1.82) is 0 Å². The number of imidazole rings is 1. The molecule has 2 heterocycles. The highest BCUT2D eigenvalue weighted by Crippen LogP contribution is 2.32. The number of aliphatic hydroxyl groups excluding tert-OH is 1. The standard InChI is InChI=1S/C13H12N2O3S3/c1-21(17,18)10-4-2-9(3-5-10)20-12-11(8-16)15-6-7-19-13(15)14-12/h2-7,16H,8H2,1H3. The summed E-state index contributed by atoms with van der Waals surface area (Å²) in [4.78, 5) is 6.47. The fourth-order valence-electron chi connectivity index (χ4n) is 1.90. The summed E-state index contributed by atoms with van der Waals surface area (Å²) in [5.41, 5.74) is 0.739. The number of thiazole rings is 1. The predicted molar refractivity (Wildman–Crippen MR) is 82.7 cm³/mol. The first-order valence-electron chi connectivity index (χ1n) is 6.02. The lowest BCUT2D eigenvalue weighted by molar-refractivity contribution is 0.272. The van der Waals surface area contributed by atoms with Gasteiger partial charge in [0.25, 0.3) is 0 Å². The second-order valence-electron chi connectivity index (χ2n) is 4.42. The Bertz CT molecular complexity index is 879. The summed E-state index contributed by atoms with van der Waals surface area (Å²) in [7, 11) is -3.18. The van der Waals surface area contributed by atoms with Crippen LogP contribution in [0.1, 0.15) is 5.69 Å². The summed E-state index contributed by atoms with van der Waals surface area (Å²) in [6.45, 7) is -0.0956. The molecule has 0 aliphatic rings. The van der Waals surface area contributed by atoms with Gasteiger partial charge in [-0.3, -0.25) is 4.40 Å². The molecule has 0 spiro atoms. The molecule has 1 aromatic carbocycles. The zero-order valence-electron chi connectivity index (χ0n) is 11.1. The summed E-state index contributed by atoms with van der Waals surface area (Å²) in [6.07, 6.45) is 3.05. The molecule has 0 saturated heterocycles. The van der Waals surface area contributed by atoms with Crippen LogP contribution in [0.3, 0.4) is 0 Å². The van der Waals surface area contributed by atoms with Crippen molar-refractivity contribution >= 4 is 37.9 Å². The number of benzene rings is 1. The molecule has 3 rings (SSSR count). The van der Waals surface area contributed by atoms with E-state index < -0.39 is 9.84 Å². The molecular formula is C13H12N2O3S3. The Morgan fingerprint density at radius 3 is 2.67 bits per heavy atom. The number of sulfone groups is 1. The van der Waals surface area contributed by atoms with E-state index in [4.69, 9.17) is 0 Å². The van der Waals surface area contributed by atoms with Gasteiger partial charge in [0.15, 0.2) is 14.8 Å². The maximum Gasteiger partial charge on any atom is 0.195 e. The molecule has 0 saturated carbocycles. The number of aliphatic hydroxyl groups is 1. The van der Waals surface area contributed by atoms with Crippen LogP contribution in [0.2, 0.25) is 0 Å². The van der Waals surface area contributed by atoms with Crippen molar-refractivity contribution in [2.75, 3.05) is 6.26 Å². The van der Waals surface area contributed by atoms with E-state index in [0.717, 1.165) is 20.6 Å². The van der Waals surface area contributed by atoms with Crippen molar-refractivity contribution in [2.45, 2.75) is 21.4 Å². The molecule has 8 heteroatoms. The number of aromatic nitrogens is 2. The molecule has 0 bridgehead atoms. The van der Waals surface area contributed by atoms with E-state index in [2.05, 4.69) is 4.98 Å². The Morgan fingerprint density at radius 2 is 2.05 bits per heavy atom. The van der Waals surface area contributed by atoms with Gasteiger partial charge in [-0.05, 0) is 24.3 Å². The third kappa shape index (κ3) is 2.84. The van der Waals surface area contributed by atoms with Crippen LogP contribution < -0.4 is 0 Å². The van der Waals surface area contributed by atoms with Crippen LogP contribution >= 0.6 is 23.1 Å². The number of hydrogen-bond donors (Lipinski definition) is 1. The highest BCUT2D eigenvalue weighted by atomic mass is 32.2. The van der Waals surface area contributed by atoms with Crippen molar-refractivity contribution in [1.82, 2.24) is 9.38 Å². The molecular weight excluding hydrogens is 328 g/mol. The van der Waals surface area contributed by atoms with Crippen LogP contribution in [-0.2, 0) is 16.4 Å². The van der Waals surface area contributed by atoms with Gasteiger partial charge >= 0.3 is 0 Å². The molecule has 3 aromatic rings. The van der Waals surface area contributed by atoms with Crippen LogP contribution in [0.5, 0.6) is 0 Å². The summed E-state index contributed by atoms with van der Waals surface area (Å²) >= 11 is 2.91. The van der Waals surface area contributed by atoms with Crippen molar-refractivity contribution in [3.05, 3.63) is 41.5 Å². The highest BCUT2D eigenvalue weighted by Gasteiger charge is 2.14. The monoisotopic (exact) mass is 340 g/mol. The summed E-state index contributed by atoms with van der Waals surface area (Å²) in [6, 6.07) is 6.65.